The van der Waals surface area contributed by atoms with Crippen LogP contribution in [-0.4, -0.2) is 33.6 Å². The van der Waals surface area contributed by atoms with Gasteiger partial charge in [0.15, 0.2) is 0 Å². The van der Waals surface area contributed by atoms with E-state index in [2.05, 4.69) is 154 Å². The minimum absolute atomic E-state index is 0.00262. The molecule has 4 atom stereocenters. The van der Waals surface area contributed by atoms with E-state index >= 15 is 0 Å². The molecule has 1 aliphatic heterocycles. The van der Waals surface area contributed by atoms with E-state index in [4.69, 9.17) is 4.74 Å². The van der Waals surface area contributed by atoms with Crippen molar-refractivity contribution in [3.05, 3.63) is 119 Å². The molecule has 0 aromatic rings. The molecule has 3 aliphatic rings. The first kappa shape index (κ1) is 34.8. The summed E-state index contributed by atoms with van der Waals surface area (Å²) >= 11 is 0. The first-order chi connectivity index (χ1) is 20.0. The highest BCUT2D eigenvalue weighted by Gasteiger charge is 2.74. The van der Waals surface area contributed by atoms with Gasteiger partial charge in [-0.15, -0.1) is 0 Å². The van der Waals surface area contributed by atoms with E-state index in [9.17, 15) is 10.2 Å². The lowest BCUT2D eigenvalue weighted by atomic mass is 9.63. The quantitative estimate of drug-likeness (QED) is 0.198. The predicted molar refractivity (Wildman–Crippen MR) is 184 cm³/mol. The second-order valence-electron chi connectivity index (χ2n) is 14.6. The molecule has 1 heterocycles. The van der Waals surface area contributed by atoms with Crippen molar-refractivity contribution in [3.8, 4) is 0 Å². The number of rotatable bonds is 10. The van der Waals surface area contributed by atoms with Crippen LogP contribution < -0.4 is 0 Å². The van der Waals surface area contributed by atoms with Gasteiger partial charge in [-0.3, -0.25) is 0 Å². The highest BCUT2D eigenvalue weighted by Crippen LogP contribution is 2.66. The summed E-state index contributed by atoms with van der Waals surface area (Å²) in [6.07, 6.45) is 32.3. The van der Waals surface area contributed by atoms with Gasteiger partial charge >= 0.3 is 0 Å². The van der Waals surface area contributed by atoms with E-state index in [0.29, 0.717) is 6.42 Å². The van der Waals surface area contributed by atoms with Crippen LogP contribution >= 0.6 is 0 Å². The summed E-state index contributed by atoms with van der Waals surface area (Å²) in [4.78, 5) is 0. The monoisotopic (exact) mass is 584 g/mol. The molecule has 234 valence electrons. The fourth-order valence-electron chi connectivity index (χ4n) is 7.06. The van der Waals surface area contributed by atoms with Crippen molar-refractivity contribution in [2.45, 2.75) is 118 Å². The summed E-state index contributed by atoms with van der Waals surface area (Å²) in [5, 5.41) is 20.4. The average molecular weight is 585 g/mol. The molecule has 3 nitrogen and oxygen atoms in total. The molecule has 43 heavy (non-hydrogen) atoms. The van der Waals surface area contributed by atoms with Gasteiger partial charge in [0, 0.05) is 11.8 Å². The Kier molecular flexibility index (Phi) is 11.3. The van der Waals surface area contributed by atoms with Crippen LogP contribution in [-0.2, 0) is 4.74 Å². The zero-order valence-corrected chi connectivity index (χ0v) is 28.4. The van der Waals surface area contributed by atoms with Crippen molar-refractivity contribution >= 4 is 0 Å². The Morgan fingerprint density at radius 3 is 1.72 bits per heavy atom. The molecule has 2 N–H and O–H groups in total. The summed E-state index contributed by atoms with van der Waals surface area (Å²) in [5.41, 5.74) is 6.71. The predicted octanol–water partition coefficient (Wildman–Crippen LogP) is 9.76. The normalized spacial score (nSPS) is 32.3. The summed E-state index contributed by atoms with van der Waals surface area (Å²) < 4.78 is 6.25. The standard InChI is InChI=1S/C40H56O3/c1-29(17-13-19-31(3)21-22-36-33(5)25-34(41)26-37(36,6)7)15-11-12-16-30(2)18-14-20-32(4)23-24-40-38(8,9)27-35(42)28-39(40,10)43-40/h11-24,34-35,41-42H,25-28H2,1-10H3/b12-11+,17-13?,18-14+,22-21?,24-23+,29-15?,30-16+,31-19?,32-20+/t34-,35+,39-,40+/m1/s1. The fourth-order valence-corrected chi connectivity index (χ4v) is 7.06. The largest absolute Gasteiger partial charge is 0.393 e. The zero-order chi connectivity index (χ0) is 32.1. The minimum Gasteiger partial charge on any atom is -0.393 e. The number of aliphatic hydroxyl groups is 2. The SMILES string of the molecule is CC(C=CC1=C(C)C[C@@H](O)CC1(C)C)=CC=CC(C)=C/C=C/C=C(C)/C=C/C=C(C)/C=C/[C@@]12O[C@]1(C)C[C@@H](O)CC2(C)C. The van der Waals surface area contributed by atoms with Gasteiger partial charge in [-0.1, -0.05) is 135 Å². The van der Waals surface area contributed by atoms with Crippen molar-refractivity contribution in [2.75, 3.05) is 0 Å². The smallest absolute Gasteiger partial charge is 0.121 e. The Bertz CT molecular complexity index is 1330. The topological polar surface area (TPSA) is 53.0 Å². The third-order valence-electron chi connectivity index (χ3n) is 9.34. The van der Waals surface area contributed by atoms with Crippen LogP contribution in [0.5, 0.6) is 0 Å². The van der Waals surface area contributed by atoms with E-state index in [-0.39, 0.29) is 34.2 Å². The zero-order valence-electron chi connectivity index (χ0n) is 28.4. The Hall–Kier alpha value is -2.72. The number of fused-ring (bicyclic) bond motifs is 1. The first-order valence-electron chi connectivity index (χ1n) is 15.9. The lowest BCUT2D eigenvalue weighted by Gasteiger charge is -2.39. The Morgan fingerprint density at radius 2 is 1.19 bits per heavy atom. The third-order valence-corrected chi connectivity index (χ3v) is 9.34. The van der Waals surface area contributed by atoms with E-state index in [1.807, 2.05) is 0 Å². The molecule has 2 aliphatic carbocycles. The molecule has 3 heteroatoms. The van der Waals surface area contributed by atoms with Gasteiger partial charge in [0.05, 0.1) is 12.2 Å². The van der Waals surface area contributed by atoms with E-state index in [1.54, 1.807) is 0 Å². The van der Waals surface area contributed by atoms with Crippen LogP contribution in [0.4, 0.5) is 0 Å². The Balaban J connectivity index is 1.50. The van der Waals surface area contributed by atoms with Crippen LogP contribution in [0.15, 0.2) is 119 Å². The Labute approximate surface area is 262 Å². The van der Waals surface area contributed by atoms with Gasteiger partial charge in [-0.05, 0) is 77.9 Å². The highest BCUT2D eigenvalue weighted by molar-refractivity contribution is 5.39. The molecule has 0 spiro atoms. The molecule has 0 aromatic heterocycles. The molecule has 0 bridgehead atoms. The molecular weight excluding hydrogens is 528 g/mol. The molecule has 0 amide bonds. The summed E-state index contributed by atoms with van der Waals surface area (Å²) in [7, 11) is 0. The van der Waals surface area contributed by atoms with Gasteiger partial charge in [-0.25, -0.2) is 0 Å². The number of hydrogen-bond acceptors (Lipinski definition) is 3. The number of hydrogen-bond donors (Lipinski definition) is 2. The van der Waals surface area contributed by atoms with Gasteiger partial charge in [0.2, 0.25) is 0 Å². The Morgan fingerprint density at radius 1 is 0.674 bits per heavy atom. The molecule has 0 radical (unpaired) electrons. The highest BCUT2D eigenvalue weighted by atomic mass is 16.6. The number of epoxide rings is 1. The second kappa shape index (κ2) is 13.9. The van der Waals surface area contributed by atoms with Crippen LogP contribution in [0.2, 0.25) is 0 Å². The van der Waals surface area contributed by atoms with E-state index < -0.39 is 0 Å². The van der Waals surface area contributed by atoms with Crippen molar-refractivity contribution in [1.82, 2.24) is 0 Å². The molecule has 1 saturated heterocycles. The lowest BCUT2D eigenvalue weighted by Crippen LogP contribution is -2.46. The van der Waals surface area contributed by atoms with E-state index in [1.165, 1.54) is 33.4 Å². The van der Waals surface area contributed by atoms with Crippen LogP contribution in [0.3, 0.4) is 0 Å². The molecule has 0 unspecified atom stereocenters. The minimum atomic E-state index is -0.291. The van der Waals surface area contributed by atoms with Crippen molar-refractivity contribution in [2.24, 2.45) is 10.8 Å². The van der Waals surface area contributed by atoms with Crippen LogP contribution in [0, 0.1) is 10.8 Å². The fraction of sp³-hybridized carbons (Fsp3) is 0.500. The maximum atomic E-state index is 10.2. The van der Waals surface area contributed by atoms with Gasteiger partial charge in [-0.2, -0.15) is 0 Å². The maximum Gasteiger partial charge on any atom is 0.121 e. The van der Waals surface area contributed by atoms with Gasteiger partial charge in [0.25, 0.3) is 0 Å². The molecule has 2 fully saturated rings. The molecule has 0 aromatic carbocycles. The first-order valence-corrected chi connectivity index (χ1v) is 15.9. The number of allylic oxidation sites excluding steroid dienone is 18. The number of aliphatic hydroxyl groups excluding tert-OH is 2. The van der Waals surface area contributed by atoms with Crippen LogP contribution in [0.1, 0.15) is 94.9 Å². The molecule has 1 saturated carbocycles. The summed E-state index contributed by atoms with van der Waals surface area (Å²) in [5.74, 6) is 0. The van der Waals surface area contributed by atoms with Crippen LogP contribution in [0.25, 0.3) is 0 Å². The summed E-state index contributed by atoms with van der Waals surface area (Å²) in [6.45, 7) is 21.5. The molecule has 3 rings (SSSR count). The van der Waals surface area contributed by atoms with Crippen molar-refractivity contribution in [3.63, 3.8) is 0 Å². The molecular formula is C40H56O3. The maximum absolute atomic E-state index is 10.2. The number of ether oxygens (including phenoxy) is 1. The van der Waals surface area contributed by atoms with E-state index in [0.717, 1.165) is 19.3 Å². The average Bonchev–Trinajstić information content (AvgIpc) is 3.49. The van der Waals surface area contributed by atoms with Crippen molar-refractivity contribution < 1.29 is 14.9 Å². The second-order valence-corrected chi connectivity index (χ2v) is 14.6. The summed E-state index contributed by atoms with van der Waals surface area (Å²) in [6, 6.07) is 0. The lowest BCUT2D eigenvalue weighted by molar-refractivity contribution is 0.0515. The van der Waals surface area contributed by atoms with Gasteiger partial charge in [0.1, 0.15) is 11.2 Å². The third kappa shape index (κ3) is 8.91. The van der Waals surface area contributed by atoms with Gasteiger partial charge < -0.3 is 14.9 Å². The van der Waals surface area contributed by atoms with Crippen molar-refractivity contribution in [1.29, 1.82) is 0 Å².